The molecule has 0 amide bonds. The number of aromatic nitrogens is 2. The Bertz CT molecular complexity index is 618. The summed E-state index contributed by atoms with van der Waals surface area (Å²) < 4.78 is 1.82. The summed E-state index contributed by atoms with van der Waals surface area (Å²) in [6.07, 6.45) is 4.38. The van der Waals surface area contributed by atoms with Crippen LogP contribution in [0.1, 0.15) is 12.8 Å². The van der Waals surface area contributed by atoms with Crippen LogP contribution in [0.25, 0.3) is 10.9 Å². The second-order valence-electron chi connectivity index (χ2n) is 5.27. The molecule has 0 N–H and O–H groups in total. The Hall–Kier alpha value is -1.95. The molecule has 2 aromatic rings. The fraction of sp³-hybridized carbons (Fsp3) is 0.462. The molecule has 0 spiro atoms. The minimum absolute atomic E-state index is 0.110. The Balaban J connectivity index is 1.85. The molecule has 1 aromatic carbocycles. The lowest BCUT2D eigenvalue weighted by molar-refractivity contribution is -0.384. The van der Waals surface area contributed by atoms with E-state index >= 15 is 0 Å². The monoisotopic (exact) mass is 260 g/mol. The van der Waals surface area contributed by atoms with E-state index in [4.69, 9.17) is 0 Å². The number of benzene rings is 1. The van der Waals surface area contributed by atoms with E-state index in [2.05, 4.69) is 17.0 Å². The van der Waals surface area contributed by atoms with Gasteiger partial charge in [0.1, 0.15) is 0 Å². The van der Waals surface area contributed by atoms with Gasteiger partial charge in [-0.25, -0.2) is 0 Å². The zero-order valence-corrected chi connectivity index (χ0v) is 10.8. The fourth-order valence-electron chi connectivity index (χ4n) is 2.31. The van der Waals surface area contributed by atoms with E-state index in [9.17, 15) is 10.1 Å². The number of fused-ring (bicyclic) bond motifs is 1. The molecule has 0 unspecified atom stereocenters. The third-order valence-corrected chi connectivity index (χ3v) is 3.48. The van der Waals surface area contributed by atoms with Crippen LogP contribution in [0.4, 0.5) is 5.69 Å². The maximum absolute atomic E-state index is 10.8. The summed E-state index contributed by atoms with van der Waals surface area (Å²) in [5.74, 6) is 0.821. The van der Waals surface area contributed by atoms with Gasteiger partial charge in [-0.3, -0.25) is 19.7 Å². The molecule has 0 atom stereocenters. The first kappa shape index (κ1) is 12.1. The lowest BCUT2D eigenvalue weighted by Crippen LogP contribution is -2.24. The topological polar surface area (TPSA) is 64.2 Å². The van der Waals surface area contributed by atoms with Crippen LogP contribution in [0.2, 0.25) is 0 Å². The molecule has 1 fully saturated rings. The molecule has 0 bridgehead atoms. The number of nitro benzene ring substituents is 1. The van der Waals surface area contributed by atoms with Gasteiger partial charge >= 0.3 is 0 Å². The van der Waals surface area contributed by atoms with Gasteiger partial charge in [-0.15, -0.1) is 0 Å². The molecule has 1 heterocycles. The van der Waals surface area contributed by atoms with Crippen LogP contribution >= 0.6 is 0 Å². The summed E-state index contributed by atoms with van der Waals surface area (Å²) in [6, 6.07) is 4.85. The highest BCUT2D eigenvalue weighted by molar-refractivity contribution is 5.80. The molecule has 6 heteroatoms. The van der Waals surface area contributed by atoms with E-state index in [0.29, 0.717) is 6.67 Å². The van der Waals surface area contributed by atoms with Gasteiger partial charge < -0.3 is 0 Å². The fourth-order valence-corrected chi connectivity index (χ4v) is 2.31. The summed E-state index contributed by atoms with van der Waals surface area (Å²) in [5, 5.41) is 16.1. The second-order valence-corrected chi connectivity index (χ2v) is 5.27. The van der Waals surface area contributed by atoms with Crippen LogP contribution in [-0.2, 0) is 6.67 Å². The molecule has 3 rings (SSSR count). The van der Waals surface area contributed by atoms with E-state index in [1.165, 1.54) is 18.9 Å². The molecule has 1 aliphatic carbocycles. The Morgan fingerprint density at radius 1 is 1.53 bits per heavy atom. The molecule has 1 aromatic heterocycles. The standard InChI is InChI=1S/C13H16N4O2/c1-15(8-10-2-3-10)9-16-13-6-12(17(18)19)5-4-11(13)7-14-16/h4-7,10H,2-3,8-9H2,1H3. The first-order valence-corrected chi connectivity index (χ1v) is 6.42. The van der Waals surface area contributed by atoms with Crippen LogP contribution in [0.5, 0.6) is 0 Å². The van der Waals surface area contributed by atoms with Gasteiger partial charge in [0.25, 0.3) is 5.69 Å². The minimum atomic E-state index is -0.370. The lowest BCUT2D eigenvalue weighted by Gasteiger charge is -2.16. The van der Waals surface area contributed by atoms with Crippen molar-refractivity contribution < 1.29 is 4.92 Å². The van der Waals surface area contributed by atoms with Crippen LogP contribution in [0.3, 0.4) is 0 Å². The molecule has 100 valence electrons. The van der Waals surface area contributed by atoms with E-state index in [1.807, 2.05) is 4.68 Å². The highest BCUT2D eigenvalue weighted by atomic mass is 16.6. The van der Waals surface area contributed by atoms with Gasteiger partial charge in [0.15, 0.2) is 0 Å². The van der Waals surface area contributed by atoms with Crippen LogP contribution in [0.15, 0.2) is 24.4 Å². The van der Waals surface area contributed by atoms with Crippen molar-refractivity contribution in [1.29, 1.82) is 0 Å². The number of hydrogen-bond donors (Lipinski definition) is 0. The van der Waals surface area contributed by atoms with Crippen molar-refractivity contribution in [1.82, 2.24) is 14.7 Å². The first-order valence-electron chi connectivity index (χ1n) is 6.42. The predicted octanol–water partition coefficient (Wildman–Crippen LogP) is 2.24. The molecule has 0 saturated heterocycles. The van der Waals surface area contributed by atoms with Gasteiger partial charge in [-0.1, -0.05) is 0 Å². The van der Waals surface area contributed by atoms with Gasteiger partial charge in [0.2, 0.25) is 0 Å². The number of hydrogen-bond acceptors (Lipinski definition) is 4. The van der Waals surface area contributed by atoms with Crippen molar-refractivity contribution in [3.05, 3.63) is 34.5 Å². The SMILES string of the molecule is CN(CC1CC1)Cn1ncc2ccc([N+](=O)[O-])cc21. The normalized spacial score (nSPS) is 15.3. The molecule has 1 aliphatic rings. The van der Waals surface area contributed by atoms with Crippen molar-refractivity contribution >= 4 is 16.6 Å². The summed E-state index contributed by atoms with van der Waals surface area (Å²) in [6.45, 7) is 1.73. The third kappa shape index (κ3) is 2.58. The zero-order valence-electron chi connectivity index (χ0n) is 10.8. The largest absolute Gasteiger partial charge is 0.287 e. The summed E-state index contributed by atoms with van der Waals surface area (Å²) in [5.41, 5.74) is 0.927. The number of nitro groups is 1. The van der Waals surface area contributed by atoms with E-state index in [-0.39, 0.29) is 10.6 Å². The van der Waals surface area contributed by atoms with Crippen LogP contribution < -0.4 is 0 Å². The highest BCUT2D eigenvalue weighted by Gasteiger charge is 2.23. The Morgan fingerprint density at radius 2 is 2.32 bits per heavy atom. The number of non-ortho nitro benzene ring substituents is 1. The quantitative estimate of drug-likeness (QED) is 0.611. The second kappa shape index (κ2) is 4.62. The smallest absolute Gasteiger partial charge is 0.271 e. The highest BCUT2D eigenvalue weighted by Crippen LogP contribution is 2.29. The first-order chi connectivity index (χ1) is 9.13. The molecular weight excluding hydrogens is 244 g/mol. The summed E-state index contributed by atoms with van der Waals surface area (Å²) in [7, 11) is 2.06. The van der Waals surface area contributed by atoms with Crippen molar-refractivity contribution in [2.75, 3.05) is 13.6 Å². The Morgan fingerprint density at radius 3 is 3.00 bits per heavy atom. The zero-order chi connectivity index (χ0) is 13.4. The molecular formula is C13H16N4O2. The predicted molar refractivity (Wildman–Crippen MR) is 71.7 cm³/mol. The summed E-state index contributed by atoms with van der Waals surface area (Å²) >= 11 is 0. The number of rotatable bonds is 5. The van der Waals surface area contributed by atoms with Crippen LogP contribution in [-0.4, -0.2) is 33.2 Å². The van der Waals surface area contributed by atoms with Gasteiger partial charge in [0, 0.05) is 24.1 Å². The summed E-state index contributed by atoms with van der Waals surface area (Å²) in [4.78, 5) is 12.7. The van der Waals surface area contributed by atoms with Crippen molar-refractivity contribution in [3.63, 3.8) is 0 Å². The van der Waals surface area contributed by atoms with Gasteiger partial charge in [-0.2, -0.15) is 5.10 Å². The van der Waals surface area contributed by atoms with E-state index in [0.717, 1.165) is 23.4 Å². The number of nitrogens with zero attached hydrogens (tertiary/aromatic N) is 4. The molecule has 19 heavy (non-hydrogen) atoms. The maximum atomic E-state index is 10.8. The molecule has 0 radical (unpaired) electrons. The molecule has 6 nitrogen and oxygen atoms in total. The van der Waals surface area contributed by atoms with E-state index in [1.54, 1.807) is 18.3 Å². The molecule has 1 saturated carbocycles. The maximum Gasteiger partial charge on any atom is 0.271 e. The molecule has 0 aliphatic heterocycles. The Labute approximate surface area is 110 Å². The third-order valence-electron chi connectivity index (χ3n) is 3.48. The average Bonchev–Trinajstić information content (AvgIpc) is 3.09. The van der Waals surface area contributed by atoms with E-state index < -0.39 is 0 Å². The van der Waals surface area contributed by atoms with Gasteiger partial charge in [-0.05, 0) is 31.9 Å². The van der Waals surface area contributed by atoms with Crippen molar-refractivity contribution in [2.45, 2.75) is 19.5 Å². The van der Waals surface area contributed by atoms with Crippen LogP contribution in [0, 0.1) is 16.0 Å². The van der Waals surface area contributed by atoms with Crippen molar-refractivity contribution in [2.24, 2.45) is 5.92 Å². The Kier molecular flexibility index (Phi) is 2.94. The van der Waals surface area contributed by atoms with Crippen molar-refractivity contribution in [3.8, 4) is 0 Å². The average molecular weight is 260 g/mol. The minimum Gasteiger partial charge on any atom is -0.287 e. The van der Waals surface area contributed by atoms with Gasteiger partial charge in [0.05, 0.1) is 23.3 Å². The lowest BCUT2D eigenvalue weighted by atomic mass is 10.2.